The fourth-order valence-corrected chi connectivity index (χ4v) is 14.0. The van der Waals surface area contributed by atoms with Gasteiger partial charge in [-0.15, -0.1) is 0 Å². The molecule has 0 saturated heterocycles. The number of aromatic nitrogens is 2. The summed E-state index contributed by atoms with van der Waals surface area (Å²) < 4.78 is 134. The molecule has 3 aromatic heterocycles. The number of rotatable bonds is 7. The van der Waals surface area contributed by atoms with Crippen molar-refractivity contribution in [2.75, 3.05) is 0 Å². The number of nitrogens with zero attached hydrogens (tertiary/aromatic N) is 2. The van der Waals surface area contributed by atoms with Crippen molar-refractivity contribution in [1.82, 2.24) is 9.13 Å². The molecule has 0 aliphatic carbocycles. The van der Waals surface area contributed by atoms with E-state index in [0.29, 0.717) is 38.0 Å². The Bertz CT molecular complexity index is 4540. The van der Waals surface area contributed by atoms with Crippen LogP contribution in [0.1, 0.15) is 17.8 Å². The van der Waals surface area contributed by atoms with Gasteiger partial charge >= 0.3 is 0 Å². The van der Waals surface area contributed by atoms with Crippen LogP contribution in [-0.4, -0.2) is 17.2 Å². The van der Waals surface area contributed by atoms with E-state index in [-0.39, 0.29) is 16.1 Å². The number of hydrogen-bond donors (Lipinski definition) is 0. The third-order valence-electron chi connectivity index (χ3n) is 12.5. The number of para-hydroxylation sites is 4. The minimum atomic E-state index is -4.67. The molecule has 0 atom stereocenters. The molecule has 10 aromatic carbocycles. The zero-order valence-corrected chi connectivity index (χ0v) is 34.9. The Morgan fingerprint density at radius 1 is 0.406 bits per heavy atom. The van der Waals surface area contributed by atoms with Gasteiger partial charge in [0.15, 0.2) is 13.7 Å². The third-order valence-corrected chi connectivity index (χ3v) is 16.9. The van der Waals surface area contributed by atoms with Crippen LogP contribution in [-0.2, 0) is 0 Å². The molecule has 3 heterocycles. The second kappa shape index (κ2) is 14.5. The lowest BCUT2D eigenvalue weighted by atomic mass is 10.1. The second-order valence-corrected chi connectivity index (χ2v) is 19.4. The second-order valence-electron chi connectivity index (χ2n) is 15.8. The predicted molar refractivity (Wildman–Crippen MR) is 271 cm³/mol. The fraction of sp³-hybridized carbons (Fsp3) is 0. The van der Waals surface area contributed by atoms with Crippen LogP contribution in [0.4, 0.5) is 0 Å². The van der Waals surface area contributed by atoms with Crippen LogP contribution in [0.3, 0.4) is 0 Å². The van der Waals surface area contributed by atoms with Crippen LogP contribution < -0.4 is 20.7 Å². The van der Waals surface area contributed by atoms with Crippen LogP contribution in [0.15, 0.2) is 247 Å². The van der Waals surface area contributed by atoms with Gasteiger partial charge in [-0.25, -0.2) is 0 Å². The van der Waals surface area contributed by atoms with Crippen molar-refractivity contribution in [1.29, 1.82) is 0 Å². The van der Waals surface area contributed by atoms with E-state index in [9.17, 15) is 11.0 Å². The maximum absolute atomic E-state index is 10.4. The van der Waals surface area contributed by atoms with Crippen molar-refractivity contribution in [2.45, 2.75) is 0 Å². The van der Waals surface area contributed by atoms with E-state index in [4.69, 9.17) is 11.3 Å². The SMILES string of the molecule is [2H]c1c([2H])c([2H])c(-c2c([2H])c([2H])c([2H])c([Si](c3ccccc3)(c3ccccc3)c3c([2H])c([2H])c(-n4c5ccccc5c5cc(-n6c7ccccc7c7ccccc76)c6oc7ccccc7c6c54)c([2H])c3[2H])c2[2H])c([2H])c1[2H]. The molecule has 13 rings (SSSR count). The molecule has 13 aromatic rings. The van der Waals surface area contributed by atoms with Crippen molar-refractivity contribution < 1.29 is 22.2 Å². The van der Waals surface area contributed by atoms with Crippen LogP contribution in [0, 0.1) is 0 Å². The summed E-state index contributed by atoms with van der Waals surface area (Å²) in [4.78, 5) is 0. The Morgan fingerprint density at radius 2 is 0.938 bits per heavy atom. The van der Waals surface area contributed by atoms with Crippen LogP contribution >= 0.6 is 0 Å². The summed E-state index contributed by atoms with van der Waals surface area (Å²) in [6, 6.07) is 43.0. The summed E-state index contributed by atoms with van der Waals surface area (Å²) in [5.74, 6) is 0. The molecular weight excluding hydrogens is 793 g/mol. The Balaban J connectivity index is 1.18. The van der Waals surface area contributed by atoms with Gasteiger partial charge in [0, 0.05) is 32.6 Å². The average Bonchev–Trinajstić information content (AvgIpc) is 4.34. The molecule has 0 aliphatic rings. The average molecular weight is 846 g/mol. The highest BCUT2D eigenvalue weighted by Crippen LogP contribution is 2.45. The zero-order valence-electron chi connectivity index (χ0n) is 46.9. The van der Waals surface area contributed by atoms with E-state index in [1.54, 1.807) is 65.2 Å². The molecule has 0 unspecified atom stereocenters. The zero-order chi connectivity index (χ0) is 53.5. The molecule has 0 amide bonds. The molecule has 4 heteroatoms. The van der Waals surface area contributed by atoms with Crippen molar-refractivity contribution in [2.24, 2.45) is 0 Å². The lowest BCUT2D eigenvalue weighted by Gasteiger charge is -2.35. The number of benzene rings is 10. The lowest BCUT2D eigenvalue weighted by molar-refractivity contribution is 0.666. The third kappa shape index (κ3) is 5.33. The molecule has 0 N–H and O–H groups in total. The molecular formula is C60H40N2OSi. The molecule has 0 aliphatic heterocycles. The van der Waals surface area contributed by atoms with Gasteiger partial charge in [0.2, 0.25) is 0 Å². The van der Waals surface area contributed by atoms with E-state index in [0.717, 1.165) is 43.7 Å². The first kappa shape index (κ1) is 25.7. The minimum absolute atomic E-state index is 0.0742. The van der Waals surface area contributed by atoms with Gasteiger partial charge in [-0.05, 0) is 74.3 Å². The molecule has 300 valence electrons. The van der Waals surface area contributed by atoms with Gasteiger partial charge in [0.1, 0.15) is 5.58 Å². The highest BCUT2D eigenvalue weighted by molar-refractivity contribution is 7.19. The summed E-state index contributed by atoms with van der Waals surface area (Å²) in [6.45, 7) is 0. The standard InChI is InChI=1S/C60H40N2OSi/c1-4-19-41(20-5-1)42-21-18-26-47(39-42)64(44-22-6-2-7-23-44,45-24-8-3-9-25-45)46-37-35-43(36-38-46)61-53-31-14-12-29-50(53)52-40-56(60-58(59(52)61)51-30-13-17-34-57(51)63-60)62-54-32-15-10-27-48(54)49-28-11-16-33-55(49)62/h1-40H/i1D,4D,5D,18D,19D,20D,21D,26D,35D,36D,37D,38D,39D. The largest absolute Gasteiger partial charge is 0.454 e. The molecule has 0 bridgehead atoms. The number of furan rings is 1. The Labute approximate surface area is 389 Å². The molecule has 3 nitrogen and oxygen atoms in total. The van der Waals surface area contributed by atoms with Crippen molar-refractivity contribution in [3.63, 3.8) is 0 Å². The first-order chi connectivity index (χ1) is 37.2. The van der Waals surface area contributed by atoms with E-state index in [2.05, 4.69) is 34.9 Å². The Morgan fingerprint density at radius 3 is 1.58 bits per heavy atom. The summed E-state index contributed by atoms with van der Waals surface area (Å²) in [6.07, 6.45) is 0. The molecule has 0 radical (unpaired) electrons. The van der Waals surface area contributed by atoms with Crippen molar-refractivity contribution in [3.8, 4) is 22.5 Å². The number of hydrogen-bond acceptors (Lipinski definition) is 1. The monoisotopic (exact) mass is 845 g/mol. The summed E-state index contributed by atoms with van der Waals surface area (Å²) >= 11 is 0. The fourth-order valence-electron chi connectivity index (χ4n) is 9.78. The van der Waals surface area contributed by atoms with Gasteiger partial charge in [-0.3, -0.25) is 0 Å². The highest BCUT2D eigenvalue weighted by atomic mass is 28.3. The first-order valence-corrected chi connectivity index (χ1v) is 23.0. The van der Waals surface area contributed by atoms with E-state index in [1.165, 1.54) is 0 Å². The summed E-state index contributed by atoms with van der Waals surface area (Å²) in [5, 5.41) is 5.53. The van der Waals surface area contributed by atoms with E-state index in [1.807, 2.05) is 72.8 Å². The van der Waals surface area contributed by atoms with Crippen molar-refractivity contribution >= 4 is 94.4 Å². The Kier molecular flexibility index (Phi) is 5.80. The molecule has 64 heavy (non-hydrogen) atoms. The normalized spacial score (nSPS) is 14.9. The highest BCUT2D eigenvalue weighted by Gasteiger charge is 2.41. The lowest BCUT2D eigenvalue weighted by Crippen LogP contribution is -2.74. The van der Waals surface area contributed by atoms with Crippen LogP contribution in [0.2, 0.25) is 0 Å². The predicted octanol–water partition coefficient (Wildman–Crippen LogP) is 12.8. The van der Waals surface area contributed by atoms with Gasteiger partial charge in [0.25, 0.3) is 0 Å². The van der Waals surface area contributed by atoms with Gasteiger partial charge in [0.05, 0.1) is 51.0 Å². The minimum Gasteiger partial charge on any atom is -0.454 e. The molecule has 0 fully saturated rings. The van der Waals surface area contributed by atoms with Gasteiger partial charge in [-0.1, -0.05) is 200 Å². The maximum atomic E-state index is 10.4. The van der Waals surface area contributed by atoms with Crippen molar-refractivity contribution in [3.05, 3.63) is 242 Å². The first-order valence-electron chi connectivity index (χ1n) is 27.5. The van der Waals surface area contributed by atoms with E-state index >= 15 is 0 Å². The van der Waals surface area contributed by atoms with Crippen LogP contribution in [0.25, 0.3) is 88.1 Å². The number of fused-ring (bicyclic) bond motifs is 10. The van der Waals surface area contributed by atoms with E-state index < -0.39 is 97.8 Å². The van der Waals surface area contributed by atoms with Crippen LogP contribution in [0.5, 0.6) is 0 Å². The molecule has 0 saturated carbocycles. The smallest absolute Gasteiger partial charge is 0.179 e. The summed E-state index contributed by atoms with van der Waals surface area (Å²) in [7, 11) is -4.67. The maximum Gasteiger partial charge on any atom is 0.179 e. The topological polar surface area (TPSA) is 23.0 Å². The Hall–Kier alpha value is -8.18. The summed E-state index contributed by atoms with van der Waals surface area (Å²) in [5.41, 5.74) is 3.90. The molecule has 0 spiro atoms. The van der Waals surface area contributed by atoms with Gasteiger partial charge in [-0.2, -0.15) is 0 Å². The van der Waals surface area contributed by atoms with Gasteiger partial charge < -0.3 is 13.6 Å². The quantitative estimate of drug-likeness (QED) is 0.116.